The van der Waals surface area contributed by atoms with Gasteiger partial charge in [0.2, 0.25) is 0 Å². The summed E-state index contributed by atoms with van der Waals surface area (Å²) in [6, 6.07) is 5.66. The first-order chi connectivity index (χ1) is 10.1. The van der Waals surface area contributed by atoms with Crippen LogP contribution in [0.3, 0.4) is 0 Å². The Hall–Kier alpha value is -1.88. The van der Waals surface area contributed by atoms with Gasteiger partial charge in [-0.25, -0.2) is 13.2 Å². The number of aliphatic hydroxyl groups is 1. The molecular formula is C16H14F3NO. The Balaban J connectivity index is 2.01. The maximum Gasteiger partial charge on any atom is 0.194 e. The van der Waals surface area contributed by atoms with Crippen molar-refractivity contribution in [3.63, 3.8) is 0 Å². The fourth-order valence-electron chi connectivity index (χ4n) is 2.94. The summed E-state index contributed by atoms with van der Waals surface area (Å²) in [5.41, 5.74) is 1.49. The summed E-state index contributed by atoms with van der Waals surface area (Å²) in [7, 11) is 0. The van der Waals surface area contributed by atoms with Crippen LogP contribution in [0.25, 0.3) is 0 Å². The lowest BCUT2D eigenvalue weighted by atomic mass is 9.81. The van der Waals surface area contributed by atoms with Gasteiger partial charge in [0, 0.05) is 23.4 Å². The SMILES string of the molecule is OC(c1ccc(F)c(F)c1F)C1CCCc2cccnc21. The molecule has 0 amide bonds. The van der Waals surface area contributed by atoms with Crippen molar-refractivity contribution in [3.05, 3.63) is 64.7 Å². The topological polar surface area (TPSA) is 33.1 Å². The van der Waals surface area contributed by atoms with E-state index >= 15 is 0 Å². The predicted molar refractivity (Wildman–Crippen MR) is 71.2 cm³/mol. The van der Waals surface area contributed by atoms with Crippen LogP contribution in [-0.2, 0) is 6.42 Å². The number of hydrogen-bond donors (Lipinski definition) is 1. The van der Waals surface area contributed by atoms with Gasteiger partial charge < -0.3 is 5.11 Å². The number of aromatic nitrogens is 1. The summed E-state index contributed by atoms with van der Waals surface area (Å²) in [6.45, 7) is 0. The molecule has 0 saturated carbocycles. The largest absolute Gasteiger partial charge is 0.388 e. The van der Waals surface area contributed by atoms with Crippen LogP contribution in [0, 0.1) is 17.5 Å². The summed E-state index contributed by atoms with van der Waals surface area (Å²) < 4.78 is 40.2. The number of aliphatic hydroxyl groups excluding tert-OH is 1. The van der Waals surface area contributed by atoms with E-state index in [1.807, 2.05) is 12.1 Å². The summed E-state index contributed by atoms with van der Waals surface area (Å²) in [5.74, 6) is -4.55. The van der Waals surface area contributed by atoms with Crippen LogP contribution in [-0.4, -0.2) is 10.1 Å². The second kappa shape index (κ2) is 5.48. The molecule has 1 aliphatic carbocycles. The van der Waals surface area contributed by atoms with Crippen molar-refractivity contribution in [2.75, 3.05) is 0 Å². The van der Waals surface area contributed by atoms with Crippen LogP contribution >= 0.6 is 0 Å². The van der Waals surface area contributed by atoms with Crippen molar-refractivity contribution in [2.24, 2.45) is 0 Å². The molecule has 1 heterocycles. The van der Waals surface area contributed by atoms with E-state index in [4.69, 9.17) is 0 Å². The minimum atomic E-state index is -1.55. The van der Waals surface area contributed by atoms with Crippen LogP contribution in [0.5, 0.6) is 0 Å². The Bertz CT molecular complexity index is 675. The summed E-state index contributed by atoms with van der Waals surface area (Å²) >= 11 is 0. The first kappa shape index (κ1) is 14.1. The van der Waals surface area contributed by atoms with Crippen LogP contribution in [0.1, 0.15) is 41.7 Å². The van der Waals surface area contributed by atoms with Gasteiger partial charge in [0.25, 0.3) is 0 Å². The van der Waals surface area contributed by atoms with E-state index < -0.39 is 29.5 Å². The van der Waals surface area contributed by atoms with Crippen molar-refractivity contribution in [3.8, 4) is 0 Å². The van der Waals surface area contributed by atoms with Gasteiger partial charge in [-0.1, -0.05) is 12.1 Å². The van der Waals surface area contributed by atoms with Crippen LogP contribution in [0.4, 0.5) is 13.2 Å². The highest BCUT2D eigenvalue weighted by Gasteiger charge is 2.31. The molecule has 2 aromatic rings. The van der Waals surface area contributed by atoms with E-state index in [1.54, 1.807) is 6.20 Å². The van der Waals surface area contributed by atoms with E-state index in [9.17, 15) is 18.3 Å². The summed E-state index contributed by atoms with van der Waals surface area (Å²) in [6.07, 6.45) is 2.70. The molecule has 0 fully saturated rings. The molecule has 0 saturated heterocycles. The van der Waals surface area contributed by atoms with Crippen LogP contribution in [0.2, 0.25) is 0 Å². The Morgan fingerprint density at radius 2 is 1.95 bits per heavy atom. The molecular weight excluding hydrogens is 279 g/mol. The summed E-state index contributed by atoms with van der Waals surface area (Å²) in [5, 5.41) is 10.4. The summed E-state index contributed by atoms with van der Waals surface area (Å²) in [4.78, 5) is 4.27. The van der Waals surface area contributed by atoms with Gasteiger partial charge in [-0.05, 0) is 37.0 Å². The second-order valence-corrected chi connectivity index (χ2v) is 5.26. The zero-order chi connectivity index (χ0) is 15.0. The third-order valence-corrected chi connectivity index (χ3v) is 4.00. The first-order valence-corrected chi connectivity index (χ1v) is 6.85. The Labute approximate surface area is 120 Å². The van der Waals surface area contributed by atoms with E-state index in [2.05, 4.69) is 4.98 Å². The van der Waals surface area contributed by atoms with Gasteiger partial charge in [0.1, 0.15) is 0 Å². The lowest BCUT2D eigenvalue weighted by Gasteiger charge is -2.28. The third kappa shape index (κ3) is 2.42. The second-order valence-electron chi connectivity index (χ2n) is 5.26. The zero-order valence-electron chi connectivity index (χ0n) is 11.2. The van der Waals surface area contributed by atoms with Crippen molar-refractivity contribution in [2.45, 2.75) is 31.3 Å². The minimum absolute atomic E-state index is 0.225. The average Bonchev–Trinajstić information content (AvgIpc) is 2.51. The normalized spacial score (nSPS) is 19.1. The molecule has 3 rings (SSSR count). The quantitative estimate of drug-likeness (QED) is 0.857. The molecule has 21 heavy (non-hydrogen) atoms. The lowest BCUT2D eigenvalue weighted by Crippen LogP contribution is -2.20. The molecule has 110 valence electrons. The van der Waals surface area contributed by atoms with Crippen molar-refractivity contribution in [1.29, 1.82) is 0 Å². The monoisotopic (exact) mass is 293 g/mol. The van der Waals surface area contributed by atoms with Gasteiger partial charge in [-0.2, -0.15) is 0 Å². The molecule has 1 N–H and O–H groups in total. The minimum Gasteiger partial charge on any atom is -0.388 e. The van der Waals surface area contributed by atoms with Gasteiger partial charge in [-0.3, -0.25) is 4.98 Å². The smallest absolute Gasteiger partial charge is 0.194 e. The average molecular weight is 293 g/mol. The number of benzene rings is 1. The maximum absolute atomic E-state index is 13.8. The van der Waals surface area contributed by atoms with Gasteiger partial charge >= 0.3 is 0 Å². The highest BCUT2D eigenvalue weighted by Crippen LogP contribution is 2.40. The van der Waals surface area contributed by atoms with E-state index in [0.717, 1.165) is 30.5 Å². The molecule has 1 aromatic carbocycles. The van der Waals surface area contributed by atoms with E-state index in [-0.39, 0.29) is 5.56 Å². The van der Waals surface area contributed by atoms with E-state index in [1.165, 1.54) is 0 Å². The number of rotatable bonds is 2. The van der Waals surface area contributed by atoms with E-state index in [0.29, 0.717) is 12.1 Å². The zero-order valence-corrected chi connectivity index (χ0v) is 11.2. The molecule has 5 heteroatoms. The van der Waals surface area contributed by atoms with Gasteiger partial charge in [0.15, 0.2) is 17.5 Å². The standard InChI is InChI=1S/C16H14F3NO/c17-12-7-6-10(13(18)14(12)19)16(21)11-5-1-3-9-4-2-8-20-15(9)11/h2,4,6-8,11,16,21H,1,3,5H2. The Morgan fingerprint density at radius 3 is 2.76 bits per heavy atom. The fourth-order valence-corrected chi connectivity index (χ4v) is 2.94. The van der Waals surface area contributed by atoms with Crippen LogP contribution < -0.4 is 0 Å². The highest BCUT2D eigenvalue weighted by atomic mass is 19.2. The number of hydrogen-bond acceptors (Lipinski definition) is 2. The first-order valence-electron chi connectivity index (χ1n) is 6.85. The predicted octanol–water partition coefficient (Wildman–Crippen LogP) is 3.65. The molecule has 2 nitrogen and oxygen atoms in total. The number of fused-ring (bicyclic) bond motifs is 1. The van der Waals surface area contributed by atoms with Crippen molar-refractivity contribution >= 4 is 0 Å². The molecule has 0 bridgehead atoms. The lowest BCUT2D eigenvalue weighted by molar-refractivity contribution is 0.128. The molecule has 1 aromatic heterocycles. The van der Waals surface area contributed by atoms with Gasteiger partial charge in [-0.15, -0.1) is 0 Å². The van der Waals surface area contributed by atoms with Crippen molar-refractivity contribution in [1.82, 2.24) is 4.98 Å². The molecule has 2 unspecified atom stereocenters. The molecule has 1 aliphatic rings. The number of aryl methyl sites for hydroxylation is 1. The Kier molecular flexibility index (Phi) is 3.68. The fraction of sp³-hybridized carbons (Fsp3) is 0.312. The molecule has 0 aliphatic heterocycles. The Morgan fingerprint density at radius 1 is 1.14 bits per heavy atom. The molecule has 2 atom stereocenters. The van der Waals surface area contributed by atoms with Crippen molar-refractivity contribution < 1.29 is 18.3 Å². The molecule has 0 radical (unpaired) electrons. The van der Waals surface area contributed by atoms with Crippen LogP contribution in [0.15, 0.2) is 30.5 Å². The third-order valence-electron chi connectivity index (χ3n) is 4.00. The highest BCUT2D eigenvalue weighted by molar-refractivity contribution is 5.31. The maximum atomic E-state index is 13.8. The van der Waals surface area contributed by atoms with Gasteiger partial charge in [0.05, 0.1) is 6.10 Å². The number of nitrogens with zero attached hydrogens (tertiary/aromatic N) is 1. The number of halogens is 3. The molecule has 0 spiro atoms. The number of pyridine rings is 1.